The van der Waals surface area contributed by atoms with E-state index in [2.05, 4.69) is 24.5 Å². The minimum absolute atomic E-state index is 0. The minimum Gasteiger partial charge on any atom is -0.392 e. The molecule has 1 amide bonds. The molecule has 2 saturated heterocycles. The summed E-state index contributed by atoms with van der Waals surface area (Å²) in [7, 11) is 0. The van der Waals surface area contributed by atoms with Crippen LogP contribution in [0, 0.1) is 11.8 Å². The smallest absolute Gasteiger partial charge is 0.237 e. The summed E-state index contributed by atoms with van der Waals surface area (Å²) in [6.07, 6.45) is 1.40. The second-order valence-electron chi connectivity index (χ2n) is 5.72. The molecule has 3 N–H and O–H groups in total. The molecule has 2 aliphatic rings. The van der Waals surface area contributed by atoms with Crippen LogP contribution in [-0.2, 0) is 9.53 Å². The lowest BCUT2D eigenvalue weighted by Gasteiger charge is -2.22. The maximum absolute atomic E-state index is 11.9. The van der Waals surface area contributed by atoms with Gasteiger partial charge in [0.2, 0.25) is 5.91 Å². The number of aliphatic hydroxyl groups is 1. The van der Waals surface area contributed by atoms with E-state index in [9.17, 15) is 9.90 Å². The highest BCUT2D eigenvalue weighted by Gasteiger charge is 2.32. The fourth-order valence-electron chi connectivity index (χ4n) is 2.88. The van der Waals surface area contributed by atoms with Crippen LogP contribution in [0.25, 0.3) is 0 Å². The fourth-order valence-corrected chi connectivity index (χ4v) is 2.88. The van der Waals surface area contributed by atoms with Crippen molar-refractivity contribution in [2.75, 3.05) is 19.7 Å². The number of ether oxygens (including phenoxy) is 1. The molecule has 0 aromatic carbocycles. The topological polar surface area (TPSA) is 70.6 Å². The number of halogens is 1. The Hall–Kier alpha value is -0.360. The standard InChI is InChI=1S/C13H24N2O3.ClH/c1-8(2)12-9(3-4-18-12)6-15-13(17)11-5-10(16)7-14-11;/h8-12,14,16H,3-7H2,1-2H3,(H,15,17);1H. The Morgan fingerprint density at radius 3 is 2.84 bits per heavy atom. The fraction of sp³-hybridized carbons (Fsp3) is 0.923. The summed E-state index contributed by atoms with van der Waals surface area (Å²) < 4.78 is 5.69. The van der Waals surface area contributed by atoms with Crippen molar-refractivity contribution in [3.8, 4) is 0 Å². The van der Waals surface area contributed by atoms with Crippen molar-refractivity contribution in [2.24, 2.45) is 11.8 Å². The molecule has 112 valence electrons. The van der Waals surface area contributed by atoms with Crippen molar-refractivity contribution in [2.45, 2.75) is 44.9 Å². The lowest BCUT2D eigenvalue weighted by atomic mass is 9.93. The number of carbonyl (C=O) groups is 1. The molecule has 19 heavy (non-hydrogen) atoms. The molecule has 5 nitrogen and oxygen atoms in total. The highest BCUT2D eigenvalue weighted by molar-refractivity contribution is 5.85. The summed E-state index contributed by atoms with van der Waals surface area (Å²) in [5, 5.41) is 15.4. The average molecular weight is 293 g/mol. The van der Waals surface area contributed by atoms with E-state index in [1.54, 1.807) is 0 Å². The van der Waals surface area contributed by atoms with Crippen molar-refractivity contribution in [3.63, 3.8) is 0 Å². The van der Waals surface area contributed by atoms with E-state index >= 15 is 0 Å². The van der Waals surface area contributed by atoms with Crippen LogP contribution in [0.1, 0.15) is 26.7 Å². The monoisotopic (exact) mass is 292 g/mol. The van der Waals surface area contributed by atoms with E-state index in [-0.39, 0.29) is 36.6 Å². The van der Waals surface area contributed by atoms with Crippen LogP contribution in [0.5, 0.6) is 0 Å². The molecule has 0 bridgehead atoms. The lowest BCUT2D eigenvalue weighted by Crippen LogP contribution is -2.43. The number of rotatable bonds is 4. The van der Waals surface area contributed by atoms with Crippen molar-refractivity contribution in [1.29, 1.82) is 0 Å². The Morgan fingerprint density at radius 1 is 1.53 bits per heavy atom. The summed E-state index contributed by atoms with van der Waals surface area (Å²) in [4.78, 5) is 11.9. The van der Waals surface area contributed by atoms with Crippen LogP contribution in [0.15, 0.2) is 0 Å². The summed E-state index contributed by atoms with van der Waals surface area (Å²) in [5.74, 6) is 0.905. The highest BCUT2D eigenvalue weighted by atomic mass is 35.5. The molecular formula is C13H25ClN2O3. The van der Waals surface area contributed by atoms with Crippen LogP contribution in [0.3, 0.4) is 0 Å². The van der Waals surface area contributed by atoms with Gasteiger partial charge < -0.3 is 20.5 Å². The Morgan fingerprint density at radius 2 is 2.26 bits per heavy atom. The van der Waals surface area contributed by atoms with E-state index < -0.39 is 0 Å². The SMILES string of the molecule is CC(C)C1OCCC1CNC(=O)C1CC(O)CN1.Cl. The molecule has 0 saturated carbocycles. The third kappa shape index (κ3) is 4.31. The normalized spacial score (nSPS) is 34.3. The number of amides is 1. The van der Waals surface area contributed by atoms with Gasteiger partial charge in [0.25, 0.3) is 0 Å². The van der Waals surface area contributed by atoms with Crippen LogP contribution < -0.4 is 10.6 Å². The van der Waals surface area contributed by atoms with E-state index in [1.807, 2.05) is 0 Å². The van der Waals surface area contributed by atoms with Gasteiger partial charge in [-0.05, 0) is 18.8 Å². The number of hydrogen-bond donors (Lipinski definition) is 3. The van der Waals surface area contributed by atoms with E-state index in [0.717, 1.165) is 13.0 Å². The van der Waals surface area contributed by atoms with Crippen LogP contribution in [0.4, 0.5) is 0 Å². The van der Waals surface area contributed by atoms with Crippen LogP contribution >= 0.6 is 12.4 Å². The lowest BCUT2D eigenvalue weighted by molar-refractivity contribution is -0.123. The van der Waals surface area contributed by atoms with Gasteiger partial charge in [-0.25, -0.2) is 0 Å². The van der Waals surface area contributed by atoms with Gasteiger partial charge in [-0.15, -0.1) is 12.4 Å². The molecule has 2 fully saturated rings. The Labute approximate surface area is 120 Å². The molecule has 6 heteroatoms. The molecule has 0 spiro atoms. The second kappa shape index (κ2) is 7.43. The number of carbonyl (C=O) groups excluding carboxylic acids is 1. The maximum Gasteiger partial charge on any atom is 0.237 e. The van der Waals surface area contributed by atoms with Crippen molar-refractivity contribution in [3.05, 3.63) is 0 Å². The molecule has 2 heterocycles. The van der Waals surface area contributed by atoms with Gasteiger partial charge in [-0.2, -0.15) is 0 Å². The molecule has 0 radical (unpaired) electrons. The third-order valence-corrected chi connectivity index (χ3v) is 3.88. The minimum atomic E-state index is -0.390. The average Bonchev–Trinajstić information content (AvgIpc) is 2.94. The predicted molar refractivity (Wildman–Crippen MR) is 75.4 cm³/mol. The quantitative estimate of drug-likeness (QED) is 0.697. The van der Waals surface area contributed by atoms with Gasteiger partial charge in [0.1, 0.15) is 0 Å². The number of aliphatic hydroxyl groups excluding tert-OH is 1. The zero-order valence-electron chi connectivity index (χ0n) is 11.6. The molecular weight excluding hydrogens is 268 g/mol. The van der Waals surface area contributed by atoms with Crippen LogP contribution in [0.2, 0.25) is 0 Å². The molecule has 4 unspecified atom stereocenters. The van der Waals surface area contributed by atoms with E-state index in [1.165, 1.54) is 0 Å². The summed E-state index contributed by atoms with van der Waals surface area (Å²) in [5.41, 5.74) is 0. The van der Waals surface area contributed by atoms with Crippen molar-refractivity contribution < 1.29 is 14.6 Å². The van der Waals surface area contributed by atoms with Crippen molar-refractivity contribution >= 4 is 18.3 Å². The summed E-state index contributed by atoms with van der Waals surface area (Å²) >= 11 is 0. The molecule has 2 aliphatic heterocycles. The van der Waals surface area contributed by atoms with Crippen LogP contribution in [-0.4, -0.2) is 49.0 Å². The Bertz CT molecular complexity index is 302. The number of nitrogens with one attached hydrogen (secondary N) is 2. The zero-order valence-corrected chi connectivity index (χ0v) is 12.4. The summed E-state index contributed by atoms with van der Waals surface area (Å²) in [6, 6.07) is -0.236. The predicted octanol–water partition coefficient (Wildman–Crippen LogP) is 0.308. The van der Waals surface area contributed by atoms with Gasteiger partial charge in [0.15, 0.2) is 0 Å². The van der Waals surface area contributed by atoms with Gasteiger partial charge >= 0.3 is 0 Å². The van der Waals surface area contributed by atoms with E-state index in [0.29, 0.717) is 31.3 Å². The zero-order chi connectivity index (χ0) is 13.1. The first-order valence-electron chi connectivity index (χ1n) is 6.88. The first-order valence-corrected chi connectivity index (χ1v) is 6.88. The molecule has 2 rings (SSSR count). The Kier molecular flexibility index (Phi) is 6.53. The highest BCUT2D eigenvalue weighted by Crippen LogP contribution is 2.26. The largest absolute Gasteiger partial charge is 0.392 e. The molecule has 0 aliphatic carbocycles. The van der Waals surface area contributed by atoms with Gasteiger partial charge in [0.05, 0.1) is 18.2 Å². The molecule has 0 aromatic heterocycles. The molecule has 4 atom stereocenters. The summed E-state index contributed by atoms with van der Waals surface area (Å²) in [6.45, 7) is 6.29. The van der Waals surface area contributed by atoms with Gasteiger partial charge in [0, 0.05) is 25.6 Å². The first-order chi connectivity index (χ1) is 8.58. The second-order valence-corrected chi connectivity index (χ2v) is 5.72. The Balaban J connectivity index is 0.00000180. The van der Waals surface area contributed by atoms with Gasteiger partial charge in [-0.1, -0.05) is 13.8 Å². The van der Waals surface area contributed by atoms with Crippen molar-refractivity contribution in [1.82, 2.24) is 10.6 Å². The maximum atomic E-state index is 11.9. The number of β-amino-alcohol motifs (C(OH)–C–C–N with tert-alkyl or cyclic N) is 1. The third-order valence-electron chi connectivity index (χ3n) is 3.88. The molecule has 0 aromatic rings. The van der Waals surface area contributed by atoms with E-state index in [4.69, 9.17) is 4.74 Å². The van der Waals surface area contributed by atoms with Gasteiger partial charge in [-0.3, -0.25) is 4.79 Å². The number of hydrogen-bond acceptors (Lipinski definition) is 4. The first kappa shape index (κ1) is 16.7.